The van der Waals surface area contributed by atoms with Gasteiger partial charge in [0, 0.05) is 68.3 Å². The molecule has 1 amide bonds. The molecule has 0 atom stereocenters. The Hall–Kier alpha value is -4.40. The molecule has 11 heteroatoms. The van der Waals surface area contributed by atoms with E-state index in [2.05, 4.69) is 37.5 Å². The van der Waals surface area contributed by atoms with Gasteiger partial charge >= 0.3 is 6.18 Å². The molecule has 0 saturated carbocycles. The fraction of sp³-hybridized carbons (Fsp3) is 0.364. The van der Waals surface area contributed by atoms with Crippen LogP contribution >= 0.6 is 0 Å². The molecule has 4 aromatic rings. The van der Waals surface area contributed by atoms with Gasteiger partial charge in [-0.15, -0.1) is 5.10 Å². The minimum Gasteiger partial charge on any atom is -0.356 e. The largest absolute Gasteiger partial charge is 0.416 e. The van der Waals surface area contributed by atoms with E-state index in [-0.39, 0.29) is 17.8 Å². The summed E-state index contributed by atoms with van der Waals surface area (Å²) in [6.07, 6.45) is -2.77. The molecule has 0 bridgehead atoms. The Kier molecular flexibility index (Phi) is 10.3. The first-order valence-corrected chi connectivity index (χ1v) is 14.6. The van der Waals surface area contributed by atoms with Gasteiger partial charge in [-0.1, -0.05) is 37.8 Å². The average molecular weight is 606 g/mol. The van der Waals surface area contributed by atoms with Crippen LogP contribution in [0.2, 0.25) is 0 Å². The smallest absolute Gasteiger partial charge is 0.356 e. The minimum absolute atomic E-state index is 0.0835. The molecule has 3 heterocycles. The highest BCUT2D eigenvalue weighted by molar-refractivity contribution is 6.04. The van der Waals surface area contributed by atoms with Crippen molar-refractivity contribution in [1.29, 1.82) is 0 Å². The summed E-state index contributed by atoms with van der Waals surface area (Å²) < 4.78 is 43.6. The van der Waals surface area contributed by atoms with E-state index in [9.17, 15) is 18.0 Å². The van der Waals surface area contributed by atoms with Crippen LogP contribution in [-0.2, 0) is 12.7 Å². The van der Waals surface area contributed by atoms with Gasteiger partial charge in [0.2, 0.25) is 5.95 Å². The number of likely N-dealkylation sites (N-methyl/N-ethyl adjacent to an activating group) is 1. The van der Waals surface area contributed by atoms with Crippen molar-refractivity contribution in [2.24, 2.45) is 0 Å². The van der Waals surface area contributed by atoms with Crippen molar-refractivity contribution in [3.63, 3.8) is 0 Å². The molecule has 8 nitrogen and oxygen atoms in total. The molecule has 2 aromatic carbocycles. The van der Waals surface area contributed by atoms with Crippen LogP contribution in [0.1, 0.15) is 57.6 Å². The van der Waals surface area contributed by atoms with E-state index in [1.54, 1.807) is 36.0 Å². The molecule has 232 valence electrons. The Balaban J connectivity index is 0.00000216. The molecule has 2 N–H and O–H groups in total. The monoisotopic (exact) mass is 605 g/mol. The van der Waals surface area contributed by atoms with Crippen molar-refractivity contribution >= 4 is 23.2 Å². The number of benzene rings is 2. The molecular formula is C33H38F3N7O. The maximum Gasteiger partial charge on any atom is 0.416 e. The van der Waals surface area contributed by atoms with Crippen LogP contribution in [-0.4, -0.2) is 70.6 Å². The topological polar surface area (TPSA) is 77.8 Å². The third-order valence-corrected chi connectivity index (χ3v) is 7.35. The van der Waals surface area contributed by atoms with Crippen molar-refractivity contribution in [2.75, 3.05) is 50.9 Å². The summed E-state index contributed by atoms with van der Waals surface area (Å²) in [5.74, 6) is 6.23. The van der Waals surface area contributed by atoms with E-state index < -0.39 is 17.6 Å². The number of carbonyl (C=O) groups excluding carboxylic acids is 1. The summed E-state index contributed by atoms with van der Waals surface area (Å²) >= 11 is 0. The molecule has 0 aliphatic carbocycles. The van der Waals surface area contributed by atoms with Crippen LogP contribution in [0, 0.1) is 25.7 Å². The highest BCUT2D eigenvalue weighted by atomic mass is 19.4. The van der Waals surface area contributed by atoms with Crippen LogP contribution in [0.3, 0.4) is 0 Å². The van der Waals surface area contributed by atoms with Crippen molar-refractivity contribution in [3.05, 3.63) is 87.6 Å². The van der Waals surface area contributed by atoms with Gasteiger partial charge in [0.05, 0.1) is 5.56 Å². The molecule has 1 aliphatic rings. The molecular weight excluding hydrogens is 567 g/mol. The first-order valence-electron chi connectivity index (χ1n) is 14.6. The van der Waals surface area contributed by atoms with E-state index in [0.29, 0.717) is 30.2 Å². The normalized spacial score (nSPS) is 13.9. The summed E-state index contributed by atoms with van der Waals surface area (Å²) in [5, 5.41) is 9.91. The number of aryl methyl sites for hydroxylation is 2. The molecule has 5 rings (SSSR count). The number of aromatic nitrogens is 3. The lowest BCUT2D eigenvalue weighted by molar-refractivity contribution is -0.138. The van der Waals surface area contributed by atoms with Gasteiger partial charge in [-0.2, -0.15) is 18.2 Å². The Labute approximate surface area is 256 Å². The van der Waals surface area contributed by atoms with Crippen molar-refractivity contribution < 1.29 is 18.0 Å². The highest BCUT2D eigenvalue weighted by Gasteiger charge is 2.34. The first-order chi connectivity index (χ1) is 21.0. The van der Waals surface area contributed by atoms with E-state index in [0.717, 1.165) is 41.5 Å². The maximum absolute atomic E-state index is 14.0. The van der Waals surface area contributed by atoms with E-state index in [1.165, 1.54) is 12.1 Å². The number of nitrogens with zero attached hydrogens (tertiary/aromatic N) is 5. The zero-order valence-electron chi connectivity index (χ0n) is 25.9. The van der Waals surface area contributed by atoms with Crippen LogP contribution < -0.4 is 10.6 Å². The van der Waals surface area contributed by atoms with Crippen LogP contribution in [0.5, 0.6) is 0 Å². The van der Waals surface area contributed by atoms with Crippen LogP contribution in [0.4, 0.5) is 24.8 Å². The van der Waals surface area contributed by atoms with Crippen LogP contribution in [0.25, 0.3) is 5.65 Å². The SMILES string of the molecule is CC.CNc1nc2c(C)cc(C#Cc3cc(C(=O)Nc4ccc(CN5CCN(C)CC5)c(C(F)(F)F)c4)ccc3C)cn2n1. The number of anilines is 2. The van der Waals surface area contributed by atoms with Gasteiger partial charge in [0.25, 0.3) is 5.91 Å². The average Bonchev–Trinajstić information content (AvgIpc) is 3.43. The second-order valence-electron chi connectivity index (χ2n) is 10.5. The lowest BCUT2D eigenvalue weighted by atomic mass is 10.0. The predicted molar refractivity (Wildman–Crippen MR) is 168 cm³/mol. The number of fused-ring (bicyclic) bond motifs is 1. The summed E-state index contributed by atoms with van der Waals surface area (Å²) in [6.45, 7) is 11.0. The molecule has 1 saturated heterocycles. The number of hydrogen-bond donors (Lipinski definition) is 2. The predicted octanol–water partition coefficient (Wildman–Crippen LogP) is 5.83. The van der Waals surface area contributed by atoms with Crippen molar-refractivity contribution in [1.82, 2.24) is 24.4 Å². The van der Waals surface area contributed by atoms with Gasteiger partial charge in [-0.3, -0.25) is 9.69 Å². The third-order valence-electron chi connectivity index (χ3n) is 7.35. The summed E-state index contributed by atoms with van der Waals surface area (Å²) in [7, 11) is 3.75. The minimum atomic E-state index is -4.54. The van der Waals surface area contributed by atoms with Crippen LogP contribution in [0.15, 0.2) is 48.7 Å². The summed E-state index contributed by atoms with van der Waals surface area (Å²) in [4.78, 5) is 21.7. The molecule has 1 fully saturated rings. The van der Waals surface area contributed by atoms with E-state index in [4.69, 9.17) is 0 Å². The van der Waals surface area contributed by atoms with E-state index >= 15 is 0 Å². The van der Waals surface area contributed by atoms with Gasteiger partial charge < -0.3 is 15.5 Å². The lowest BCUT2D eigenvalue weighted by Gasteiger charge is -2.33. The Morgan fingerprint density at radius 1 is 0.977 bits per heavy atom. The number of carbonyl (C=O) groups is 1. The standard InChI is InChI=1S/C31H32F3N7O.C2H6/c1-20-5-7-24(16-23(20)8-6-22-15-21(2)28-37-30(35-3)38-41(28)18-22)29(42)36-26-10-9-25(27(17-26)31(32,33)34)19-40-13-11-39(4)12-14-40;1-2/h5,7,9-10,15-18H,11-14,19H2,1-4H3,(H,35,38)(H,36,42);1-2H3. The van der Waals surface area contributed by atoms with Gasteiger partial charge in [-0.25, -0.2) is 4.52 Å². The highest BCUT2D eigenvalue weighted by Crippen LogP contribution is 2.34. The molecule has 0 radical (unpaired) electrons. The zero-order valence-corrected chi connectivity index (χ0v) is 25.9. The lowest BCUT2D eigenvalue weighted by Crippen LogP contribution is -2.44. The Morgan fingerprint density at radius 2 is 1.70 bits per heavy atom. The van der Waals surface area contributed by atoms with Gasteiger partial charge in [0.1, 0.15) is 0 Å². The molecule has 2 aromatic heterocycles. The number of rotatable bonds is 5. The molecule has 0 unspecified atom stereocenters. The van der Waals surface area contributed by atoms with Crippen molar-refractivity contribution in [2.45, 2.75) is 40.4 Å². The fourth-order valence-corrected chi connectivity index (χ4v) is 4.87. The zero-order chi connectivity index (χ0) is 32.0. The second kappa shape index (κ2) is 13.9. The quantitative estimate of drug-likeness (QED) is 0.279. The third kappa shape index (κ3) is 7.75. The Morgan fingerprint density at radius 3 is 2.39 bits per heavy atom. The fourth-order valence-electron chi connectivity index (χ4n) is 4.87. The molecule has 0 spiro atoms. The number of hydrogen-bond acceptors (Lipinski definition) is 6. The Bertz CT molecular complexity index is 1690. The maximum atomic E-state index is 14.0. The number of halogens is 3. The first kappa shape index (κ1) is 32.5. The number of piperazine rings is 1. The summed E-state index contributed by atoms with van der Waals surface area (Å²) in [6, 6.07) is 10.9. The number of nitrogens with one attached hydrogen (secondary N) is 2. The molecule has 1 aliphatic heterocycles. The van der Waals surface area contributed by atoms with E-state index in [1.807, 2.05) is 45.7 Å². The molecule has 44 heavy (non-hydrogen) atoms. The number of alkyl halides is 3. The summed E-state index contributed by atoms with van der Waals surface area (Å²) in [5.41, 5.74) is 3.68. The number of pyridine rings is 1. The van der Waals surface area contributed by atoms with Crippen molar-refractivity contribution in [3.8, 4) is 11.8 Å². The van der Waals surface area contributed by atoms with Gasteiger partial charge in [-0.05, 0) is 67.9 Å². The number of amides is 1. The second-order valence-corrected chi connectivity index (χ2v) is 10.5. The van der Waals surface area contributed by atoms with Gasteiger partial charge in [0.15, 0.2) is 5.65 Å².